The molecular weight excluding hydrogens is 418 g/mol. The van der Waals surface area contributed by atoms with Crippen molar-refractivity contribution in [3.63, 3.8) is 0 Å². The van der Waals surface area contributed by atoms with Gasteiger partial charge in [-0.2, -0.15) is 5.10 Å². The average molecular weight is 448 g/mol. The standard InChI is InChI=1S/C26H29N3O2S/c1-16(26-12-17-9-18(13-26)11-19(10-17)14-26)27-23(30)15-29-25(31)21-6-3-2-5-20(21)24(28-29)22-7-4-8-32-22/h2-8,16-19H,9-15H2,1H3,(H,27,30)/t16-,17?,18?,19?,26?/m1/s1. The highest BCUT2D eigenvalue weighted by molar-refractivity contribution is 7.13. The fourth-order valence-corrected chi connectivity index (χ4v) is 7.95. The van der Waals surface area contributed by atoms with Crippen molar-refractivity contribution in [2.45, 2.75) is 58.0 Å². The molecular formula is C26H29N3O2S. The predicted octanol–water partition coefficient (Wildman–Crippen LogP) is 4.85. The summed E-state index contributed by atoms with van der Waals surface area (Å²) in [4.78, 5) is 27.2. The number of aromatic nitrogens is 2. The van der Waals surface area contributed by atoms with Gasteiger partial charge in [-0.3, -0.25) is 9.59 Å². The molecule has 0 aliphatic heterocycles. The molecule has 5 nitrogen and oxygen atoms in total. The number of thiophene rings is 1. The molecule has 1 N–H and O–H groups in total. The van der Waals surface area contributed by atoms with E-state index in [0.29, 0.717) is 5.39 Å². The van der Waals surface area contributed by atoms with Crippen molar-refractivity contribution in [1.29, 1.82) is 0 Å². The molecule has 166 valence electrons. The van der Waals surface area contributed by atoms with Gasteiger partial charge in [0.15, 0.2) is 0 Å². The summed E-state index contributed by atoms with van der Waals surface area (Å²) in [5, 5.41) is 11.4. The molecule has 4 aliphatic rings. The van der Waals surface area contributed by atoms with Crippen molar-refractivity contribution in [1.82, 2.24) is 15.1 Å². The Bertz CT molecular complexity index is 1190. The van der Waals surface area contributed by atoms with E-state index >= 15 is 0 Å². The zero-order valence-electron chi connectivity index (χ0n) is 18.4. The zero-order valence-corrected chi connectivity index (χ0v) is 19.2. The number of carbonyl (C=O) groups excluding carboxylic acids is 1. The minimum Gasteiger partial charge on any atom is -0.351 e. The van der Waals surface area contributed by atoms with Crippen molar-refractivity contribution in [2.24, 2.45) is 23.2 Å². The molecule has 4 fully saturated rings. The summed E-state index contributed by atoms with van der Waals surface area (Å²) >= 11 is 1.59. The van der Waals surface area contributed by atoms with Gasteiger partial charge in [0, 0.05) is 11.4 Å². The summed E-state index contributed by atoms with van der Waals surface area (Å²) in [5.74, 6) is 2.42. The van der Waals surface area contributed by atoms with E-state index in [1.54, 1.807) is 11.3 Å². The van der Waals surface area contributed by atoms with Crippen LogP contribution in [0, 0.1) is 23.2 Å². The Kier molecular flexibility index (Phi) is 4.75. The number of fused-ring (bicyclic) bond motifs is 1. The van der Waals surface area contributed by atoms with Gasteiger partial charge in [-0.05, 0) is 86.1 Å². The van der Waals surface area contributed by atoms with Crippen molar-refractivity contribution in [3.8, 4) is 10.6 Å². The highest BCUT2D eigenvalue weighted by Crippen LogP contribution is 2.61. The quantitative estimate of drug-likeness (QED) is 0.608. The molecule has 7 rings (SSSR count). The van der Waals surface area contributed by atoms with E-state index in [-0.39, 0.29) is 29.5 Å². The van der Waals surface area contributed by atoms with Gasteiger partial charge in [-0.25, -0.2) is 4.68 Å². The van der Waals surface area contributed by atoms with Gasteiger partial charge in [0.1, 0.15) is 12.2 Å². The molecule has 1 aromatic carbocycles. The smallest absolute Gasteiger partial charge is 0.275 e. The van der Waals surface area contributed by atoms with E-state index < -0.39 is 0 Å². The van der Waals surface area contributed by atoms with Crippen LogP contribution < -0.4 is 10.9 Å². The Labute approximate surface area is 191 Å². The van der Waals surface area contributed by atoms with E-state index in [9.17, 15) is 9.59 Å². The number of hydrogen-bond donors (Lipinski definition) is 1. The van der Waals surface area contributed by atoms with Crippen molar-refractivity contribution in [3.05, 3.63) is 52.1 Å². The molecule has 1 amide bonds. The molecule has 4 aliphatic carbocycles. The summed E-state index contributed by atoms with van der Waals surface area (Å²) in [6.45, 7) is 2.14. The van der Waals surface area contributed by atoms with Crippen LogP contribution >= 0.6 is 11.3 Å². The molecule has 4 saturated carbocycles. The first-order valence-corrected chi connectivity index (χ1v) is 12.7. The first kappa shape index (κ1) is 20.2. The maximum atomic E-state index is 13.1. The lowest BCUT2D eigenvalue weighted by Crippen LogP contribution is -2.56. The fourth-order valence-electron chi connectivity index (χ4n) is 7.22. The summed E-state index contributed by atoms with van der Waals surface area (Å²) in [6, 6.07) is 11.7. The molecule has 0 radical (unpaired) electrons. The van der Waals surface area contributed by atoms with Gasteiger partial charge in [0.25, 0.3) is 5.56 Å². The van der Waals surface area contributed by atoms with Crippen LogP contribution in [-0.4, -0.2) is 21.7 Å². The molecule has 1 atom stereocenters. The van der Waals surface area contributed by atoms with Gasteiger partial charge in [0.2, 0.25) is 5.91 Å². The van der Waals surface area contributed by atoms with Crippen LogP contribution in [0.15, 0.2) is 46.6 Å². The van der Waals surface area contributed by atoms with Crippen molar-refractivity contribution >= 4 is 28.0 Å². The third-order valence-electron chi connectivity index (χ3n) is 8.30. The molecule has 4 bridgehead atoms. The SMILES string of the molecule is C[C@@H](NC(=O)Cn1nc(-c2cccs2)c2ccccc2c1=O)C12CC3CC(CC(C3)C1)C2. The Morgan fingerprint density at radius 1 is 1.09 bits per heavy atom. The maximum Gasteiger partial charge on any atom is 0.275 e. The third-order valence-corrected chi connectivity index (χ3v) is 9.17. The first-order valence-electron chi connectivity index (χ1n) is 11.8. The second-order valence-corrected chi connectivity index (χ2v) is 11.4. The van der Waals surface area contributed by atoms with Crippen LogP contribution in [0.3, 0.4) is 0 Å². The number of nitrogens with zero attached hydrogens (tertiary/aromatic N) is 2. The van der Waals surface area contributed by atoms with Crippen LogP contribution in [0.1, 0.15) is 45.4 Å². The van der Waals surface area contributed by atoms with Gasteiger partial charge in [-0.15, -0.1) is 11.3 Å². The number of benzene rings is 1. The van der Waals surface area contributed by atoms with Crippen LogP contribution in [0.25, 0.3) is 21.3 Å². The minimum absolute atomic E-state index is 0.0429. The molecule has 2 heterocycles. The number of rotatable bonds is 5. The highest BCUT2D eigenvalue weighted by atomic mass is 32.1. The molecule has 0 unspecified atom stereocenters. The van der Waals surface area contributed by atoms with Crippen LogP contribution in [0.2, 0.25) is 0 Å². The Morgan fingerprint density at radius 2 is 1.75 bits per heavy atom. The molecule has 0 saturated heterocycles. The van der Waals surface area contributed by atoms with Crippen LogP contribution in [0.5, 0.6) is 0 Å². The maximum absolute atomic E-state index is 13.1. The lowest BCUT2D eigenvalue weighted by molar-refractivity contribution is -0.126. The molecule has 2 aromatic heterocycles. The second kappa shape index (κ2) is 7.55. The molecule has 0 spiro atoms. The molecule has 6 heteroatoms. The van der Waals surface area contributed by atoms with E-state index in [1.165, 1.54) is 43.2 Å². The highest BCUT2D eigenvalue weighted by Gasteiger charge is 2.53. The second-order valence-electron chi connectivity index (χ2n) is 10.4. The van der Waals surface area contributed by atoms with Gasteiger partial charge < -0.3 is 5.32 Å². The number of nitrogens with one attached hydrogen (secondary N) is 1. The van der Waals surface area contributed by atoms with Gasteiger partial charge in [0.05, 0.1) is 10.3 Å². The average Bonchev–Trinajstić information content (AvgIpc) is 3.29. The van der Waals surface area contributed by atoms with E-state index in [0.717, 1.165) is 33.7 Å². The number of carbonyl (C=O) groups is 1. The largest absolute Gasteiger partial charge is 0.351 e. The monoisotopic (exact) mass is 447 g/mol. The van der Waals surface area contributed by atoms with E-state index in [4.69, 9.17) is 0 Å². The lowest BCUT2D eigenvalue weighted by Gasteiger charge is -2.59. The van der Waals surface area contributed by atoms with E-state index in [1.807, 2.05) is 41.8 Å². The summed E-state index contributed by atoms with van der Waals surface area (Å²) in [5.41, 5.74) is 0.796. The normalized spacial score (nSPS) is 29.3. The summed E-state index contributed by atoms with van der Waals surface area (Å²) in [7, 11) is 0. The fraction of sp³-hybridized carbons (Fsp3) is 0.500. The zero-order chi connectivity index (χ0) is 21.9. The van der Waals surface area contributed by atoms with E-state index in [2.05, 4.69) is 17.3 Å². The summed E-state index contributed by atoms with van der Waals surface area (Å²) < 4.78 is 1.35. The Hall–Kier alpha value is -2.47. The van der Waals surface area contributed by atoms with Crippen molar-refractivity contribution in [2.75, 3.05) is 0 Å². The number of amides is 1. The third kappa shape index (κ3) is 3.31. The Balaban J connectivity index is 1.27. The van der Waals surface area contributed by atoms with Crippen LogP contribution in [-0.2, 0) is 11.3 Å². The topological polar surface area (TPSA) is 64.0 Å². The van der Waals surface area contributed by atoms with Crippen LogP contribution in [0.4, 0.5) is 0 Å². The lowest BCUT2D eigenvalue weighted by atomic mass is 9.48. The molecule has 32 heavy (non-hydrogen) atoms. The predicted molar refractivity (Wildman–Crippen MR) is 128 cm³/mol. The van der Waals surface area contributed by atoms with Crippen molar-refractivity contribution < 1.29 is 4.79 Å². The first-order chi connectivity index (χ1) is 15.5. The van der Waals surface area contributed by atoms with Gasteiger partial charge in [-0.1, -0.05) is 24.3 Å². The molecule has 3 aromatic rings. The Morgan fingerprint density at radius 3 is 2.38 bits per heavy atom. The minimum atomic E-state index is -0.210. The summed E-state index contributed by atoms with van der Waals surface area (Å²) in [6.07, 6.45) is 7.91. The van der Waals surface area contributed by atoms with Gasteiger partial charge >= 0.3 is 0 Å². The number of hydrogen-bond acceptors (Lipinski definition) is 4.